The van der Waals surface area contributed by atoms with Crippen LogP contribution in [0.15, 0.2) is 18.2 Å². The van der Waals surface area contributed by atoms with Gasteiger partial charge in [-0.15, -0.1) is 0 Å². The number of benzene rings is 1. The van der Waals surface area contributed by atoms with Gasteiger partial charge in [0.15, 0.2) is 0 Å². The average molecular weight is 240 g/mol. The van der Waals surface area contributed by atoms with E-state index in [1.807, 2.05) is 0 Å². The highest BCUT2D eigenvalue weighted by molar-refractivity contribution is 5.78. The van der Waals surface area contributed by atoms with E-state index in [-0.39, 0.29) is 17.9 Å². The molecule has 2 rings (SSSR count). The SMILES string of the molecule is O=C(Cc1ccc(F)cc1F)NCC1CNC1. The second-order valence-corrected chi connectivity index (χ2v) is 4.24. The summed E-state index contributed by atoms with van der Waals surface area (Å²) in [7, 11) is 0. The molecular formula is C12H14F2N2O. The molecule has 0 radical (unpaired) electrons. The molecule has 1 aliphatic heterocycles. The molecular weight excluding hydrogens is 226 g/mol. The van der Waals surface area contributed by atoms with Crippen LogP contribution in [-0.4, -0.2) is 25.5 Å². The third-order valence-electron chi connectivity index (χ3n) is 2.82. The maximum absolute atomic E-state index is 13.3. The first-order valence-corrected chi connectivity index (χ1v) is 5.56. The van der Waals surface area contributed by atoms with Gasteiger partial charge in [0.05, 0.1) is 6.42 Å². The molecule has 1 heterocycles. The summed E-state index contributed by atoms with van der Waals surface area (Å²) in [4.78, 5) is 11.5. The van der Waals surface area contributed by atoms with E-state index in [0.29, 0.717) is 12.5 Å². The van der Waals surface area contributed by atoms with Gasteiger partial charge in [0, 0.05) is 31.6 Å². The Bertz CT molecular complexity index is 419. The zero-order valence-corrected chi connectivity index (χ0v) is 9.30. The van der Waals surface area contributed by atoms with Crippen LogP contribution < -0.4 is 10.6 Å². The van der Waals surface area contributed by atoms with Crippen molar-refractivity contribution in [2.24, 2.45) is 5.92 Å². The highest BCUT2D eigenvalue weighted by Gasteiger charge is 2.17. The Balaban J connectivity index is 1.84. The largest absolute Gasteiger partial charge is 0.355 e. The molecule has 92 valence electrons. The Morgan fingerprint density at radius 1 is 1.41 bits per heavy atom. The Labute approximate surface area is 98.2 Å². The number of hydrogen-bond acceptors (Lipinski definition) is 2. The van der Waals surface area contributed by atoms with Gasteiger partial charge in [-0.25, -0.2) is 8.78 Å². The van der Waals surface area contributed by atoms with E-state index < -0.39 is 11.6 Å². The van der Waals surface area contributed by atoms with Crippen LogP contribution in [0.3, 0.4) is 0 Å². The molecule has 1 amide bonds. The van der Waals surface area contributed by atoms with Crippen molar-refractivity contribution in [2.45, 2.75) is 6.42 Å². The summed E-state index contributed by atoms with van der Waals surface area (Å²) in [6.07, 6.45) is -0.0493. The van der Waals surface area contributed by atoms with E-state index in [2.05, 4.69) is 10.6 Å². The summed E-state index contributed by atoms with van der Waals surface area (Å²) in [5.41, 5.74) is 0.218. The van der Waals surface area contributed by atoms with Crippen LogP contribution in [0, 0.1) is 17.6 Å². The number of carbonyl (C=O) groups excluding carboxylic acids is 1. The molecule has 17 heavy (non-hydrogen) atoms. The summed E-state index contributed by atoms with van der Waals surface area (Å²) in [5.74, 6) is -1.07. The fourth-order valence-corrected chi connectivity index (χ4v) is 1.65. The van der Waals surface area contributed by atoms with Crippen LogP contribution in [0.5, 0.6) is 0 Å². The van der Waals surface area contributed by atoms with Crippen LogP contribution in [0.1, 0.15) is 5.56 Å². The van der Waals surface area contributed by atoms with Crippen LogP contribution in [0.25, 0.3) is 0 Å². The molecule has 3 nitrogen and oxygen atoms in total. The van der Waals surface area contributed by atoms with Gasteiger partial charge in [-0.05, 0) is 11.6 Å². The fraction of sp³-hybridized carbons (Fsp3) is 0.417. The van der Waals surface area contributed by atoms with Crippen molar-refractivity contribution >= 4 is 5.91 Å². The van der Waals surface area contributed by atoms with Crippen LogP contribution >= 0.6 is 0 Å². The van der Waals surface area contributed by atoms with Gasteiger partial charge in [-0.3, -0.25) is 4.79 Å². The van der Waals surface area contributed by atoms with Crippen LogP contribution in [0.4, 0.5) is 8.78 Å². The van der Waals surface area contributed by atoms with Gasteiger partial charge in [0.1, 0.15) is 11.6 Å². The lowest BCUT2D eigenvalue weighted by atomic mass is 10.0. The van der Waals surface area contributed by atoms with Crippen LogP contribution in [-0.2, 0) is 11.2 Å². The van der Waals surface area contributed by atoms with E-state index >= 15 is 0 Å². The zero-order chi connectivity index (χ0) is 12.3. The van der Waals surface area contributed by atoms with E-state index in [1.165, 1.54) is 6.07 Å². The summed E-state index contributed by atoms with van der Waals surface area (Å²) in [5, 5.41) is 5.83. The number of carbonyl (C=O) groups is 1. The molecule has 1 saturated heterocycles. The first-order chi connectivity index (χ1) is 8.15. The van der Waals surface area contributed by atoms with Gasteiger partial charge >= 0.3 is 0 Å². The minimum absolute atomic E-state index is 0.0493. The Hall–Kier alpha value is -1.49. The molecule has 0 aromatic heterocycles. The molecule has 1 aromatic carbocycles. The summed E-state index contributed by atoms with van der Waals surface area (Å²) >= 11 is 0. The number of halogens is 2. The molecule has 0 spiro atoms. The predicted octanol–water partition coefficient (Wildman–Crippen LogP) is 0.843. The monoisotopic (exact) mass is 240 g/mol. The molecule has 0 atom stereocenters. The molecule has 1 fully saturated rings. The first-order valence-electron chi connectivity index (χ1n) is 5.56. The van der Waals surface area contributed by atoms with E-state index in [1.54, 1.807) is 0 Å². The fourth-order valence-electron chi connectivity index (χ4n) is 1.65. The van der Waals surface area contributed by atoms with Crippen molar-refractivity contribution in [1.29, 1.82) is 0 Å². The molecule has 0 aliphatic carbocycles. The molecule has 0 bridgehead atoms. The topological polar surface area (TPSA) is 41.1 Å². The van der Waals surface area contributed by atoms with Gasteiger partial charge in [0.25, 0.3) is 0 Å². The van der Waals surface area contributed by atoms with Crippen molar-refractivity contribution in [1.82, 2.24) is 10.6 Å². The molecule has 1 aromatic rings. The highest BCUT2D eigenvalue weighted by Crippen LogP contribution is 2.10. The summed E-state index contributed by atoms with van der Waals surface area (Å²) in [6, 6.07) is 3.25. The van der Waals surface area contributed by atoms with Gasteiger partial charge in [0.2, 0.25) is 5.91 Å². The van der Waals surface area contributed by atoms with Gasteiger partial charge in [-0.1, -0.05) is 6.07 Å². The maximum atomic E-state index is 13.3. The molecule has 1 aliphatic rings. The van der Waals surface area contributed by atoms with Gasteiger partial charge in [-0.2, -0.15) is 0 Å². The van der Waals surface area contributed by atoms with Crippen molar-refractivity contribution in [2.75, 3.05) is 19.6 Å². The predicted molar refractivity (Wildman–Crippen MR) is 59.4 cm³/mol. The quantitative estimate of drug-likeness (QED) is 0.819. The molecule has 0 unspecified atom stereocenters. The van der Waals surface area contributed by atoms with Crippen LogP contribution in [0.2, 0.25) is 0 Å². The van der Waals surface area contributed by atoms with E-state index in [9.17, 15) is 13.6 Å². The first kappa shape index (κ1) is 12.0. The van der Waals surface area contributed by atoms with Crippen molar-refractivity contribution in [3.63, 3.8) is 0 Å². The van der Waals surface area contributed by atoms with Crippen molar-refractivity contribution < 1.29 is 13.6 Å². The van der Waals surface area contributed by atoms with Crippen molar-refractivity contribution in [3.05, 3.63) is 35.4 Å². The normalized spacial score (nSPS) is 15.4. The maximum Gasteiger partial charge on any atom is 0.224 e. The zero-order valence-electron chi connectivity index (χ0n) is 9.30. The minimum Gasteiger partial charge on any atom is -0.355 e. The lowest BCUT2D eigenvalue weighted by Gasteiger charge is -2.27. The number of nitrogens with one attached hydrogen (secondary N) is 2. The Morgan fingerprint density at radius 3 is 2.76 bits per heavy atom. The standard InChI is InChI=1S/C12H14F2N2O/c13-10-2-1-9(11(14)4-10)3-12(17)16-7-8-5-15-6-8/h1-2,4,8,15H,3,5-7H2,(H,16,17). The number of rotatable bonds is 4. The molecule has 0 saturated carbocycles. The second-order valence-electron chi connectivity index (χ2n) is 4.24. The van der Waals surface area contributed by atoms with Crippen molar-refractivity contribution in [3.8, 4) is 0 Å². The third kappa shape index (κ3) is 3.23. The Kier molecular flexibility index (Phi) is 3.68. The summed E-state index contributed by atoms with van der Waals surface area (Å²) in [6.45, 7) is 2.42. The smallest absolute Gasteiger partial charge is 0.224 e. The average Bonchev–Trinajstić information content (AvgIpc) is 2.20. The number of amides is 1. The van der Waals surface area contributed by atoms with E-state index in [4.69, 9.17) is 0 Å². The molecule has 2 N–H and O–H groups in total. The lowest BCUT2D eigenvalue weighted by Crippen LogP contribution is -2.48. The second kappa shape index (κ2) is 5.23. The number of hydrogen-bond donors (Lipinski definition) is 2. The summed E-state index contributed by atoms with van der Waals surface area (Å²) < 4.78 is 25.9. The van der Waals surface area contributed by atoms with E-state index in [0.717, 1.165) is 25.2 Å². The molecule has 5 heteroatoms. The third-order valence-corrected chi connectivity index (χ3v) is 2.82. The Morgan fingerprint density at radius 2 is 2.18 bits per heavy atom. The minimum atomic E-state index is -0.675. The lowest BCUT2D eigenvalue weighted by molar-refractivity contribution is -0.120. The highest BCUT2D eigenvalue weighted by atomic mass is 19.1. The van der Waals surface area contributed by atoms with Gasteiger partial charge < -0.3 is 10.6 Å².